The van der Waals surface area contributed by atoms with Gasteiger partial charge in [0.2, 0.25) is 10.0 Å². The molecule has 0 radical (unpaired) electrons. The molecule has 0 spiro atoms. The fourth-order valence-corrected chi connectivity index (χ4v) is 3.55. The van der Waals surface area contributed by atoms with Crippen LogP contribution in [0.2, 0.25) is 0 Å². The van der Waals surface area contributed by atoms with Crippen molar-refractivity contribution < 1.29 is 12.9 Å². The van der Waals surface area contributed by atoms with Crippen LogP contribution in [0.3, 0.4) is 0 Å². The summed E-state index contributed by atoms with van der Waals surface area (Å²) >= 11 is 0. The summed E-state index contributed by atoms with van der Waals surface area (Å²) in [5, 5.41) is 3.90. The summed E-state index contributed by atoms with van der Waals surface area (Å²) in [6.07, 6.45) is 1.84. The van der Waals surface area contributed by atoms with Crippen molar-refractivity contribution in [2.75, 3.05) is 0 Å². The maximum atomic E-state index is 12.2. The molecule has 0 amide bonds. The fourth-order valence-electron chi connectivity index (χ4n) is 2.20. The molecule has 6 heteroatoms. The third-order valence-electron chi connectivity index (χ3n) is 3.37. The summed E-state index contributed by atoms with van der Waals surface area (Å²) in [5.74, 6) is 0.687. The lowest BCUT2D eigenvalue weighted by molar-refractivity contribution is 0.393. The largest absolute Gasteiger partial charge is 0.361 e. The first-order chi connectivity index (χ1) is 9.47. The maximum absolute atomic E-state index is 12.2. The molecule has 0 aliphatic heterocycles. The van der Waals surface area contributed by atoms with Crippen LogP contribution < -0.4 is 4.72 Å². The molecule has 3 rings (SSSR count). The molecule has 5 nitrogen and oxygen atoms in total. The lowest BCUT2D eigenvalue weighted by Gasteiger charge is -2.07. The molecule has 106 valence electrons. The molecule has 1 heterocycles. The molecule has 0 atom stereocenters. The van der Waals surface area contributed by atoms with E-state index in [1.165, 1.54) is 0 Å². The molecule has 1 aromatic carbocycles. The standard InChI is InChI=1S/C14H16N2O3S/c1-9-14(10(2)19-15-9)11-4-3-5-13(8-11)20(17,18)16-12-6-7-12/h3-5,8,12,16H,6-7H2,1-2H3. The van der Waals surface area contributed by atoms with Gasteiger partial charge in [-0.1, -0.05) is 17.3 Å². The Morgan fingerprint density at radius 3 is 2.65 bits per heavy atom. The molecule has 20 heavy (non-hydrogen) atoms. The minimum atomic E-state index is -3.44. The smallest absolute Gasteiger partial charge is 0.240 e. The third-order valence-corrected chi connectivity index (χ3v) is 4.88. The SMILES string of the molecule is Cc1noc(C)c1-c1cccc(S(=O)(=O)NC2CC2)c1. The Morgan fingerprint density at radius 2 is 2.05 bits per heavy atom. The maximum Gasteiger partial charge on any atom is 0.240 e. The molecular formula is C14H16N2O3S. The zero-order valence-electron chi connectivity index (χ0n) is 11.4. The molecular weight excluding hydrogens is 276 g/mol. The van der Waals surface area contributed by atoms with Crippen molar-refractivity contribution in [3.63, 3.8) is 0 Å². The van der Waals surface area contributed by atoms with E-state index in [1.807, 2.05) is 19.9 Å². The summed E-state index contributed by atoms with van der Waals surface area (Å²) in [5.41, 5.74) is 2.42. The second kappa shape index (κ2) is 4.71. The van der Waals surface area contributed by atoms with Crippen LogP contribution in [0.25, 0.3) is 11.1 Å². The van der Waals surface area contributed by atoms with Crippen LogP contribution in [0.1, 0.15) is 24.3 Å². The van der Waals surface area contributed by atoms with Crippen LogP contribution >= 0.6 is 0 Å². The van der Waals surface area contributed by atoms with Gasteiger partial charge in [0.05, 0.1) is 10.6 Å². The quantitative estimate of drug-likeness (QED) is 0.939. The van der Waals surface area contributed by atoms with Crippen LogP contribution in [0.4, 0.5) is 0 Å². The highest BCUT2D eigenvalue weighted by atomic mass is 32.2. The first kappa shape index (κ1) is 13.3. The van der Waals surface area contributed by atoms with E-state index in [0.717, 1.165) is 29.7 Å². The molecule has 2 aromatic rings. The van der Waals surface area contributed by atoms with Gasteiger partial charge in [-0.15, -0.1) is 0 Å². The summed E-state index contributed by atoms with van der Waals surface area (Å²) in [6.45, 7) is 3.66. The molecule has 0 unspecified atom stereocenters. The Hall–Kier alpha value is -1.66. The summed E-state index contributed by atoms with van der Waals surface area (Å²) < 4.78 is 32.3. The monoisotopic (exact) mass is 292 g/mol. The van der Waals surface area contributed by atoms with E-state index < -0.39 is 10.0 Å². The molecule has 1 fully saturated rings. The average molecular weight is 292 g/mol. The number of nitrogens with zero attached hydrogens (tertiary/aromatic N) is 1. The number of sulfonamides is 1. The van der Waals surface area contributed by atoms with Crippen LogP contribution in [0.15, 0.2) is 33.7 Å². The van der Waals surface area contributed by atoms with Gasteiger partial charge in [-0.2, -0.15) is 0 Å². The van der Waals surface area contributed by atoms with Gasteiger partial charge in [0.15, 0.2) is 0 Å². The van der Waals surface area contributed by atoms with E-state index in [4.69, 9.17) is 4.52 Å². The Balaban J connectivity index is 2.01. The van der Waals surface area contributed by atoms with Gasteiger partial charge in [-0.05, 0) is 44.4 Å². The highest BCUT2D eigenvalue weighted by Gasteiger charge is 2.28. The zero-order valence-corrected chi connectivity index (χ0v) is 12.2. The lowest BCUT2D eigenvalue weighted by Crippen LogP contribution is -2.25. The molecule has 0 saturated heterocycles. The number of aryl methyl sites for hydroxylation is 2. The van der Waals surface area contributed by atoms with Crippen LogP contribution in [-0.4, -0.2) is 19.6 Å². The Kier molecular flexibility index (Phi) is 3.14. The first-order valence-corrected chi connectivity index (χ1v) is 8.01. The second-order valence-electron chi connectivity index (χ2n) is 5.12. The minimum Gasteiger partial charge on any atom is -0.361 e. The highest BCUT2D eigenvalue weighted by molar-refractivity contribution is 7.89. The zero-order chi connectivity index (χ0) is 14.3. The highest BCUT2D eigenvalue weighted by Crippen LogP contribution is 2.29. The number of nitrogens with one attached hydrogen (secondary N) is 1. The van der Waals surface area contributed by atoms with Crippen LogP contribution in [0, 0.1) is 13.8 Å². The minimum absolute atomic E-state index is 0.0997. The van der Waals surface area contributed by atoms with Gasteiger partial charge in [0, 0.05) is 11.6 Å². The van der Waals surface area contributed by atoms with Crippen molar-refractivity contribution in [1.29, 1.82) is 0 Å². The molecule has 1 N–H and O–H groups in total. The molecule has 1 aliphatic carbocycles. The topological polar surface area (TPSA) is 72.2 Å². The number of aromatic nitrogens is 1. The van der Waals surface area contributed by atoms with Crippen molar-refractivity contribution in [3.05, 3.63) is 35.7 Å². The molecule has 1 aromatic heterocycles. The van der Waals surface area contributed by atoms with E-state index in [2.05, 4.69) is 9.88 Å². The molecule has 1 aliphatic rings. The van der Waals surface area contributed by atoms with Gasteiger partial charge in [-0.3, -0.25) is 0 Å². The summed E-state index contributed by atoms with van der Waals surface area (Å²) in [6, 6.07) is 6.97. The van der Waals surface area contributed by atoms with Crippen molar-refractivity contribution in [3.8, 4) is 11.1 Å². The third kappa shape index (κ3) is 2.48. The first-order valence-electron chi connectivity index (χ1n) is 6.53. The summed E-state index contributed by atoms with van der Waals surface area (Å²) in [7, 11) is -3.44. The molecule has 1 saturated carbocycles. The number of rotatable bonds is 4. The lowest BCUT2D eigenvalue weighted by atomic mass is 10.0. The van der Waals surface area contributed by atoms with Crippen LogP contribution in [-0.2, 0) is 10.0 Å². The van der Waals surface area contributed by atoms with Crippen LogP contribution in [0.5, 0.6) is 0 Å². The summed E-state index contributed by atoms with van der Waals surface area (Å²) in [4.78, 5) is 0.280. The second-order valence-corrected chi connectivity index (χ2v) is 6.84. The van der Waals surface area contributed by atoms with Crippen molar-refractivity contribution in [1.82, 2.24) is 9.88 Å². The van der Waals surface area contributed by atoms with Gasteiger partial charge in [0.25, 0.3) is 0 Å². The van der Waals surface area contributed by atoms with Gasteiger partial charge >= 0.3 is 0 Å². The predicted molar refractivity (Wildman–Crippen MR) is 74.8 cm³/mol. The van der Waals surface area contributed by atoms with E-state index in [1.54, 1.807) is 18.2 Å². The molecule has 0 bridgehead atoms. The van der Waals surface area contributed by atoms with E-state index >= 15 is 0 Å². The van der Waals surface area contributed by atoms with E-state index in [9.17, 15) is 8.42 Å². The Labute approximate surface area is 118 Å². The van der Waals surface area contributed by atoms with E-state index in [0.29, 0.717) is 5.76 Å². The number of hydrogen-bond donors (Lipinski definition) is 1. The van der Waals surface area contributed by atoms with Crippen molar-refractivity contribution in [2.45, 2.75) is 37.6 Å². The van der Waals surface area contributed by atoms with Gasteiger partial charge in [-0.25, -0.2) is 13.1 Å². The average Bonchev–Trinajstić information content (AvgIpc) is 3.14. The van der Waals surface area contributed by atoms with Crippen molar-refractivity contribution >= 4 is 10.0 Å². The van der Waals surface area contributed by atoms with Gasteiger partial charge < -0.3 is 4.52 Å². The Bertz CT molecular complexity index is 726. The predicted octanol–water partition coefficient (Wildman–Crippen LogP) is 2.40. The number of hydrogen-bond acceptors (Lipinski definition) is 4. The van der Waals surface area contributed by atoms with E-state index in [-0.39, 0.29) is 10.9 Å². The Morgan fingerprint density at radius 1 is 1.30 bits per heavy atom. The fraction of sp³-hybridized carbons (Fsp3) is 0.357. The number of benzene rings is 1. The normalized spacial score (nSPS) is 15.5. The van der Waals surface area contributed by atoms with Gasteiger partial charge in [0.1, 0.15) is 5.76 Å². The van der Waals surface area contributed by atoms with Crippen molar-refractivity contribution in [2.24, 2.45) is 0 Å².